The molecule has 1 fully saturated rings. The van der Waals surface area contributed by atoms with Crippen LogP contribution in [0.15, 0.2) is 18.2 Å². The summed E-state index contributed by atoms with van der Waals surface area (Å²) in [7, 11) is 0. The Bertz CT molecular complexity index is 554. The molecule has 0 radical (unpaired) electrons. The SMILES string of the molecule is Cc1c(Cl)cccc1NC(=O)C1C(C(=O)O)C1(C)C. The molecule has 4 nitrogen and oxygen atoms in total. The van der Waals surface area contributed by atoms with E-state index in [1.807, 2.05) is 6.92 Å². The molecular weight excluding hydrogens is 266 g/mol. The van der Waals surface area contributed by atoms with Crippen molar-refractivity contribution in [3.8, 4) is 0 Å². The average Bonchev–Trinajstić information content (AvgIpc) is 2.88. The maximum atomic E-state index is 12.2. The van der Waals surface area contributed by atoms with Gasteiger partial charge in [0.15, 0.2) is 0 Å². The predicted octanol–water partition coefficient (Wildman–Crippen LogP) is 2.94. The van der Waals surface area contributed by atoms with Gasteiger partial charge in [0, 0.05) is 10.7 Å². The van der Waals surface area contributed by atoms with Crippen molar-refractivity contribution in [1.82, 2.24) is 0 Å². The maximum Gasteiger partial charge on any atom is 0.307 e. The smallest absolute Gasteiger partial charge is 0.307 e. The molecule has 1 amide bonds. The molecule has 1 aliphatic carbocycles. The van der Waals surface area contributed by atoms with Crippen LogP contribution in [0.25, 0.3) is 0 Å². The number of aliphatic carboxylic acids is 1. The monoisotopic (exact) mass is 281 g/mol. The number of carboxylic acid groups (broad SMARTS) is 1. The quantitative estimate of drug-likeness (QED) is 0.895. The second-order valence-corrected chi connectivity index (χ2v) is 5.92. The molecule has 102 valence electrons. The Balaban J connectivity index is 2.15. The van der Waals surface area contributed by atoms with Gasteiger partial charge in [0.25, 0.3) is 0 Å². The third-order valence-corrected chi connectivity index (χ3v) is 4.31. The van der Waals surface area contributed by atoms with Crippen LogP contribution >= 0.6 is 11.6 Å². The summed E-state index contributed by atoms with van der Waals surface area (Å²) < 4.78 is 0. The lowest BCUT2D eigenvalue weighted by atomic mass is 10.1. The molecule has 2 N–H and O–H groups in total. The Labute approximate surface area is 116 Å². The topological polar surface area (TPSA) is 66.4 Å². The predicted molar refractivity (Wildman–Crippen MR) is 73.2 cm³/mol. The summed E-state index contributed by atoms with van der Waals surface area (Å²) in [4.78, 5) is 23.2. The van der Waals surface area contributed by atoms with Crippen molar-refractivity contribution >= 4 is 29.2 Å². The summed E-state index contributed by atoms with van der Waals surface area (Å²) >= 11 is 5.98. The number of hydrogen-bond donors (Lipinski definition) is 2. The molecule has 1 aromatic rings. The number of amides is 1. The molecule has 0 heterocycles. The van der Waals surface area contributed by atoms with Gasteiger partial charge in [-0.15, -0.1) is 0 Å². The third-order valence-electron chi connectivity index (χ3n) is 3.90. The normalized spacial score (nSPS) is 23.8. The van der Waals surface area contributed by atoms with Crippen LogP contribution < -0.4 is 5.32 Å². The highest BCUT2D eigenvalue weighted by atomic mass is 35.5. The molecule has 19 heavy (non-hydrogen) atoms. The lowest BCUT2D eigenvalue weighted by Crippen LogP contribution is -2.18. The van der Waals surface area contributed by atoms with Crippen LogP contribution in [-0.2, 0) is 9.59 Å². The molecule has 0 aromatic heterocycles. The van der Waals surface area contributed by atoms with Gasteiger partial charge in [0.2, 0.25) is 5.91 Å². The number of benzene rings is 1. The first-order chi connectivity index (χ1) is 8.76. The van der Waals surface area contributed by atoms with Gasteiger partial charge < -0.3 is 10.4 Å². The molecule has 2 atom stereocenters. The number of carboxylic acids is 1. The molecule has 5 heteroatoms. The van der Waals surface area contributed by atoms with E-state index in [0.717, 1.165) is 5.56 Å². The molecule has 1 aliphatic rings. The number of rotatable bonds is 3. The number of nitrogens with one attached hydrogen (secondary N) is 1. The van der Waals surface area contributed by atoms with E-state index in [2.05, 4.69) is 5.32 Å². The number of hydrogen-bond acceptors (Lipinski definition) is 2. The fourth-order valence-corrected chi connectivity index (χ4v) is 2.72. The van der Waals surface area contributed by atoms with Crippen molar-refractivity contribution in [3.63, 3.8) is 0 Å². The summed E-state index contributed by atoms with van der Waals surface area (Å²) in [6.07, 6.45) is 0. The molecule has 1 saturated carbocycles. The number of halogens is 1. The van der Waals surface area contributed by atoms with Gasteiger partial charge in [0.05, 0.1) is 11.8 Å². The van der Waals surface area contributed by atoms with Crippen LogP contribution in [0.5, 0.6) is 0 Å². The Morgan fingerprint density at radius 3 is 2.47 bits per heavy atom. The second-order valence-electron chi connectivity index (χ2n) is 5.52. The molecule has 0 saturated heterocycles. The summed E-state index contributed by atoms with van der Waals surface area (Å²) in [6.45, 7) is 5.40. The highest BCUT2D eigenvalue weighted by molar-refractivity contribution is 6.31. The summed E-state index contributed by atoms with van der Waals surface area (Å²) in [5, 5.41) is 12.4. The standard InChI is InChI=1S/C14H16ClNO3/c1-7-8(15)5-4-6-9(7)16-12(17)10-11(13(18)19)14(10,2)3/h4-6,10-11H,1-3H3,(H,16,17)(H,18,19). The highest BCUT2D eigenvalue weighted by Gasteiger charge is 2.65. The first kappa shape index (κ1) is 13.9. The largest absolute Gasteiger partial charge is 0.481 e. The van der Waals surface area contributed by atoms with Gasteiger partial charge in [-0.1, -0.05) is 31.5 Å². The van der Waals surface area contributed by atoms with Crippen molar-refractivity contribution in [2.24, 2.45) is 17.3 Å². The van der Waals surface area contributed by atoms with Crippen molar-refractivity contribution in [3.05, 3.63) is 28.8 Å². The van der Waals surface area contributed by atoms with Gasteiger partial charge in [-0.05, 0) is 30.0 Å². The fraction of sp³-hybridized carbons (Fsp3) is 0.429. The zero-order chi connectivity index (χ0) is 14.4. The van der Waals surface area contributed by atoms with Crippen LogP contribution in [0.3, 0.4) is 0 Å². The lowest BCUT2D eigenvalue weighted by Gasteiger charge is -2.10. The van der Waals surface area contributed by atoms with Gasteiger partial charge >= 0.3 is 5.97 Å². The Kier molecular flexibility index (Phi) is 3.31. The van der Waals surface area contributed by atoms with E-state index < -0.39 is 23.2 Å². The minimum absolute atomic E-state index is 0.261. The highest BCUT2D eigenvalue weighted by Crippen LogP contribution is 2.58. The molecule has 1 aromatic carbocycles. The molecule has 0 aliphatic heterocycles. The summed E-state index contributed by atoms with van der Waals surface area (Å²) in [5.74, 6) is -2.30. The van der Waals surface area contributed by atoms with E-state index in [1.54, 1.807) is 32.0 Å². The van der Waals surface area contributed by atoms with Gasteiger partial charge in [-0.25, -0.2) is 0 Å². The van der Waals surface area contributed by atoms with Crippen molar-refractivity contribution in [2.75, 3.05) is 5.32 Å². The third kappa shape index (κ3) is 2.32. The van der Waals surface area contributed by atoms with E-state index in [1.165, 1.54) is 0 Å². The van der Waals surface area contributed by atoms with E-state index >= 15 is 0 Å². The van der Waals surface area contributed by atoms with Crippen LogP contribution in [-0.4, -0.2) is 17.0 Å². The fourth-order valence-electron chi connectivity index (χ4n) is 2.54. The molecule has 2 unspecified atom stereocenters. The van der Waals surface area contributed by atoms with E-state index in [-0.39, 0.29) is 5.91 Å². The Hall–Kier alpha value is -1.55. The number of anilines is 1. The van der Waals surface area contributed by atoms with Crippen LogP contribution in [0.2, 0.25) is 5.02 Å². The van der Waals surface area contributed by atoms with Crippen LogP contribution in [0.4, 0.5) is 5.69 Å². The zero-order valence-electron chi connectivity index (χ0n) is 11.0. The summed E-state index contributed by atoms with van der Waals surface area (Å²) in [6, 6.07) is 5.25. The maximum absolute atomic E-state index is 12.2. The first-order valence-corrected chi connectivity index (χ1v) is 6.43. The molecule has 0 spiro atoms. The summed E-state index contributed by atoms with van der Waals surface area (Å²) in [5.41, 5.74) is 0.912. The second kappa shape index (κ2) is 4.53. The van der Waals surface area contributed by atoms with Gasteiger partial charge in [-0.3, -0.25) is 9.59 Å². The van der Waals surface area contributed by atoms with E-state index in [4.69, 9.17) is 16.7 Å². The minimum atomic E-state index is -0.923. The molecular formula is C14H16ClNO3. The molecule has 2 rings (SSSR count). The zero-order valence-corrected chi connectivity index (χ0v) is 11.8. The van der Waals surface area contributed by atoms with Crippen molar-refractivity contribution in [2.45, 2.75) is 20.8 Å². The van der Waals surface area contributed by atoms with Crippen LogP contribution in [0.1, 0.15) is 19.4 Å². The first-order valence-electron chi connectivity index (χ1n) is 6.05. The minimum Gasteiger partial charge on any atom is -0.481 e. The van der Waals surface area contributed by atoms with E-state index in [9.17, 15) is 9.59 Å². The van der Waals surface area contributed by atoms with Crippen LogP contribution in [0, 0.1) is 24.2 Å². The van der Waals surface area contributed by atoms with Gasteiger partial charge in [0.1, 0.15) is 0 Å². The van der Waals surface area contributed by atoms with E-state index in [0.29, 0.717) is 10.7 Å². The van der Waals surface area contributed by atoms with Crippen molar-refractivity contribution in [1.29, 1.82) is 0 Å². The average molecular weight is 282 g/mol. The van der Waals surface area contributed by atoms with Gasteiger partial charge in [-0.2, -0.15) is 0 Å². The lowest BCUT2D eigenvalue weighted by molar-refractivity contribution is -0.140. The number of carbonyl (C=O) groups excluding carboxylic acids is 1. The Morgan fingerprint density at radius 1 is 1.32 bits per heavy atom. The Morgan fingerprint density at radius 2 is 1.95 bits per heavy atom. The number of carbonyl (C=O) groups is 2. The van der Waals surface area contributed by atoms with Crippen molar-refractivity contribution < 1.29 is 14.7 Å². The molecule has 0 bridgehead atoms.